The lowest BCUT2D eigenvalue weighted by Crippen LogP contribution is -2.35. The van der Waals surface area contributed by atoms with Crippen LogP contribution in [0.5, 0.6) is 0 Å². The molecular formula is C7H12NO4. The first-order valence-corrected chi connectivity index (χ1v) is 3.90. The minimum atomic E-state index is -0.560. The summed E-state index contributed by atoms with van der Waals surface area (Å²) in [6, 6.07) is -0.560. The lowest BCUT2D eigenvalue weighted by molar-refractivity contribution is -0.535. The topological polar surface area (TPSA) is 61.6 Å². The Morgan fingerprint density at radius 2 is 2.42 bits per heavy atom. The number of rotatable bonds is 3. The molecule has 1 saturated heterocycles. The Bertz CT molecular complexity index is 153. The van der Waals surface area contributed by atoms with Crippen LogP contribution in [0.2, 0.25) is 0 Å². The van der Waals surface area contributed by atoms with Gasteiger partial charge in [-0.3, -0.25) is 10.1 Å². The van der Waals surface area contributed by atoms with Crippen LogP contribution in [0.1, 0.15) is 12.8 Å². The molecule has 1 fully saturated rings. The van der Waals surface area contributed by atoms with Crippen LogP contribution in [0.25, 0.3) is 0 Å². The van der Waals surface area contributed by atoms with E-state index < -0.39 is 6.04 Å². The molecule has 0 aromatic heterocycles. The van der Waals surface area contributed by atoms with E-state index in [2.05, 4.69) is 6.92 Å². The Balaban J connectivity index is 2.25. The van der Waals surface area contributed by atoms with E-state index in [0.29, 0.717) is 19.4 Å². The maximum Gasteiger partial charge on any atom is 0.236 e. The van der Waals surface area contributed by atoms with Gasteiger partial charge >= 0.3 is 0 Å². The minimum absolute atomic E-state index is 0.150. The molecule has 0 bridgehead atoms. The van der Waals surface area contributed by atoms with Crippen LogP contribution in [-0.2, 0) is 9.47 Å². The van der Waals surface area contributed by atoms with Gasteiger partial charge in [-0.1, -0.05) is 0 Å². The van der Waals surface area contributed by atoms with Crippen LogP contribution in [0.15, 0.2) is 0 Å². The van der Waals surface area contributed by atoms with E-state index in [4.69, 9.17) is 9.47 Å². The third-order valence-corrected chi connectivity index (χ3v) is 1.81. The molecule has 1 aliphatic rings. The van der Waals surface area contributed by atoms with E-state index in [0.717, 1.165) is 0 Å². The van der Waals surface area contributed by atoms with Gasteiger partial charge in [-0.2, -0.15) is 0 Å². The van der Waals surface area contributed by atoms with Gasteiger partial charge in [0, 0.05) is 24.4 Å². The van der Waals surface area contributed by atoms with Gasteiger partial charge in [0.15, 0.2) is 6.29 Å². The second kappa shape index (κ2) is 4.37. The van der Waals surface area contributed by atoms with Crippen LogP contribution < -0.4 is 0 Å². The molecule has 0 aliphatic carbocycles. The highest BCUT2D eigenvalue weighted by Crippen LogP contribution is 2.16. The van der Waals surface area contributed by atoms with Crippen molar-refractivity contribution in [3.8, 4) is 0 Å². The molecule has 2 unspecified atom stereocenters. The zero-order valence-electron chi connectivity index (χ0n) is 6.77. The molecule has 0 amide bonds. The Morgan fingerprint density at radius 1 is 1.67 bits per heavy atom. The molecule has 0 spiro atoms. The average Bonchev–Trinajstić information content (AvgIpc) is 2.06. The zero-order chi connectivity index (χ0) is 8.97. The molecule has 5 nitrogen and oxygen atoms in total. The molecule has 5 heteroatoms. The van der Waals surface area contributed by atoms with Crippen LogP contribution >= 0.6 is 0 Å². The van der Waals surface area contributed by atoms with Crippen molar-refractivity contribution in [3.05, 3.63) is 17.0 Å². The van der Waals surface area contributed by atoms with Crippen molar-refractivity contribution >= 4 is 0 Å². The number of hydrogen-bond donors (Lipinski definition) is 0. The summed E-state index contributed by atoms with van der Waals surface area (Å²) in [6.45, 7) is 3.99. The van der Waals surface area contributed by atoms with E-state index in [9.17, 15) is 10.1 Å². The van der Waals surface area contributed by atoms with Gasteiger partial charge < -0.3 is 9.47 Å². The Kier molecular flexibility index (Phi) is 3.43. The lowest BCUT2D eigenvalue weighted by Gasteiger charge is -2.23. The average molecular weight is 174 g/mol. The van der Waals surface area contributed by atoms with Gasteiger partial charge in [0.25, 0.3) is 0 Å². The highest BCUT2D eigenvalue weighted by Gasteiger charge is 2.28. The predicted octanol–water partition coefficient (Wildman–Crippen LogP) is 0.619. The van der Waals surface area contributed by atoms with E-state index in [-0.39, 0.29) is 17.8 Å². The first-order valence-electron chi connectivity index (χ1n) is 3.90. The molecule has 69 valence electrons. The van der Waals surface area contributed by atoms with E-state index in [1.807, 2.05) is 0 Å². The summed E-state index contributed by atoms with van der Waals surface area (Å²) in [4.78, 5) is 9.99. The van der Waals surface area contributed by atoms with Crippen molar-refractivity contribution < 1.29 is 14.4 Å². The van der Waals surface area contributed by atoms with Crippen LogP contribution in [0.4, 0.5) is 0 Å². The summed E-state index contributed by atoms with van der Waals surface area (Å²) in [5.41, 5.74) is 0. The van der Waals surface area contributed by atoms with Gasteiger partial charge in [-0.05, 0) is 6.92 Å². The molecule has 0 aromatic carbocycles. The Labute approximate surface area is 70.8 Å². The number of nitro groups is 1. The first kappa shape index (κ1) is 9.41. The van der Waals surface area contributed by atoms with Crippen molar-refractivity contribution in [3.63, 3.8) is 0 Å². The van der Waals surface area contributed by atoms with Crippen LogP contribution in [0, 0.1) is 17.0 Å². The van der Waals surface area contributed by atoms with Crippen molar-refractivity contribution in [2.75, 3.05) is 13.2 Å². The van der Waals surface area contributed by atoms with Crippen molar-refractivity contribution in [2.24, 2.45) is 0 Å². The van der Waals surface area contributed by atoms with Gasteiger partial charge in [0.2, 0.25) is 6.04 Å². The molecule has 1 heterocycles. The Hall–Kier alpha value is -0.680. The molecule has 12 heavy (non-hydrogen) atoms. The predicted molar refractivity (Wildman–Crippen MR) is 41.1 cm³/mol. The summed E-state index contributed by atoms with van der Waals surface area (Å²) in [7, 11) is 0. The smallest absolute Gasteiger partial charge is 0.236 e. The van der Waals surface area contributed by atoms with Gasteiger partial charge in [0.1, 0.15) is 6.61 Å². The van der Waals surface area contributed by atoms with E-state index in [1.165, 1.54) is 0 Å². The van der Waals surface area contributed by atoms with E-state index in [1.54, 1.807) is 0 Å². The zero-order valence-corrected chi connectivity index (χ0v) is 6.77. The fourth-order valence-electron chi connectivity index (χ4n) is 1.14. The second-order valence-electron chi connectivity index (χ2n) is 2.65. The summed E-state index contributed by atoms with van der Waals surface area (Å²) >= 11 is 0. The fraction of sp³-hybridized carbons (Fsp3) is 0.857. The Morgan fingerprint density at radius 3 is 2.83 bits per heavy atom. The summed E-state index contributed by atoms with van der Waals surface area (Å²) in [6.07, 6.45) is 0.817. The van der Waals surface area contributed by atoms with E-state index >= 15 is 0 Å². The van der Waals surface area contributed by atoms with Crippen molar-refractivity contribution in [1.82, 2.24) is 0 Å². The summed E-state index contributed by atoms with van der Waals surface area (Å²) in [5.74, 6) is 0. The molecule has 1 rings (SSSR count). The van der Waals surface area contributed by atoms with Crippen molar-refractivity contribution in [2.45, 2.75) is 25.2 Å². The minimum Gasteiger partial charge on any atom is -0.353 e. The number of nitrogens with zero attached hydrogens (tertiary/aromatic N) is 1. The molecule has 0 N–H and O–H groups in total. The highest BCUT2D eigenvalue weighted by atomic mass is 16.7. The molecule has 1 aliphatic heterocycles. The standard InChI is InChI=1S/C7H12NO4/c1-2-11-7-4-3-6(5-12-7)8(9)10/h6-7H,1-5H2. The maximum atomic E-state index is 10.3. The monoisotopic (exact) mass is 174 g/mol. The lowest BCUT2D eigenvalue weighted by atomic mass is 10.1. The third kappa shape index (κ3) is 2.42. The first-order chi connectivity index (χ1) is 5.74. The summed E-state index contributed by atoms with van der Waals surface area (Å²) in [5, 5.41) is 10.3. The van der Waals surface area contributed by atoms with Crippen LogP contribution in [-0.4, -0.2) is 30.5 Å². The SMILES string of the molecule is [CH2]COC1CCC([N+](=O)[O-])CO1. The van der Waals surface area contributed by atoms with Gasteiger partial charge in [0.05, 0.1) is 0 Å². The number of ether oxygens (including phenoxy) is 2. The quantitative estimate of drug-likeness (QED) is 0.464. The molecule has 2 atom stereocenters. The molecular weight excluding hydrogens is 162 g/mol. The van der Waals surface area contributed by atoms with Crippen LogP contribution in [0.3, 0.4) is 0 Å². The number of hydrogen-bond acceptors (Lipinski definition) is 4. The third-order valence-electron chi connectivity index (χ3n) is 1.81. The maximum absolute atomic E-state index is 10.3. The molecule has 0 saturated carbocycles. The molecule has 0 aromatic rings. The highest BCUT2D eigenvalue weighted by molar-refractivity contribution is 4.64. The van der Waals surface area contributed by atoms with Gasteiger partial charge in [-0.15, -0.1) is 0 Å². The van der Waals surface area contributed by atoms with Crippen molar-refractivity contribution in [1.29, 1.82) is 0 Å². The molecule has 1 radical (unpaired) electrons. The summed E-state index contributed by atoms with van der Waals surface area (Å²) < 4.78 is 10.1. The van der Waals surface area contributed by atoms with Gasteiger partial charge in [-0.25, -0.2) is 0 Å². The largest absolute Gasteiger partial charge is 0.353 e. The normalized spacial score (nSPS) is 30.1. The second-order valence-corrected chi connectivity index (χ2v) is 2.65. The fourth-order valence-corrected chi connectivity index (χ4v) is 1.14.